The van der Waals surface area contributed by atoms with Crippen LogP contribution in [0, 0.1) is 0 Å². The summed E-state index contributed by atoms with van der Waals surface area (Å²) < 4.78 is 6.35. The lowest BCUT2D eigenvalue weighted by Gasteiger charge is -2.25. The highest BCUT2D eigenvalue weighted by atomic mass is 16.3. The van der Waals surface area contributed by atoms with Gasteiger partial charge in [-0.1, -0.05) is 88.6 Å². The van der Waals surface area contributed by atoms with Crippen LogP contribution < -0.4 is 54.6 Å². The number of benzene rings is 7. The third kappa shape index (κ3) is 4.54. The second kappa shape index (κ2) is 11.5. The molecule has 7 aromatic carbocycles. The Kier molecular flexibility index (Phi) is 7.49. The van der Waals surface area contributed by atoms with Crippen LogP contribution >= 0.6 is 0 Å². The molecule has 0 aliphatic carbocycles. The summed E-state index contributed by atoms with van der Waals surface area (Å²) in [6, 6.07) is 27.9. The Hall–Kier alpha value is -4.49. The van der Waals surface area contributed by atoms with Gasteiger partial charge in [0.1, 0.15) is 89.6 Å². The molecule has 20 radical (unpaired) electrons. The van der Waals surface area contributed by atoms with Gasteiger partial charge >= 0.3 is 0 Å². The van der Waals surface area contributed by atoms with Crippen molar-refractivity contribution < 1.29 is 4.42 Å². The van der Waals surface area contributed by atoms with E-state index in [-0.39, 0.29) is 54.6 Å². The summed E-state index contributed by atoms with van der Waals surface area (Å²) in [6.45, 7) is 0. The Morgan fingerprint density at radius 2 is 0.776 bits per heavy atom. The lowest BCUT2D eigenvalue weighted by molar-refractivity contribution is 0.669. The summed E-state index contributed by atoms with van der Waals surface area (Å²) in [5.41, 5.74) is 7.93. The molecule has 0 spiro atoms. The van der Waals surface area contributed by atoms with Crippen LogP contribution in [0.4, 0.5) is 0 Å². The van der Waals surface area contributed by atoms with Crippen LogP contribution in [-0.4, -0.2) is 78.5 Å². The zero-order chi connectivity index (χ0) is 34.5. The first-order valence-corrected chi connectivity index (χ1v) is 15.4. The first-order valence-electron chi connectivity index (χ1n) is 15.4. The van der Waals surface area contributed by atoms with E-state index in [9.17, 15) is 0 Å². The minimum absolute atomic E-state index is 0.153. The fourth-order valence-corrected chi connectivity index (χ4v) is 7.16. The standard InChI is InChI=1S/C38H14B10O/c39-29-27(30(40)34(44)37(47)33(29)43)20-10-5-11-23-25(20)21-14-15(12-13-22(21)49-23)24-16-6-1-3-8-18(16)26(19-9-4-2-7-17(19)24)28-31(41)35(45)38(48)36(46)32(28)42/h1-14H. The van der Waals surface area contributed by atoms with Gasteiger partial charge < -0.3 is 4.42 Å². The van der Waals surface area contributed by atoms with Gasteiger partial charge in [0.25, 0.3) is 0 Å². The van der Waals surface area contributed by atoms with Crippen molar-refractivity contribution in [1.29, 1.82) is 0 Å². The van der Waals surface area contributed by atoms with Crippen LogP contribution in [-0.2, 0) is 0 Å². The Morgan fingerprint density at radius 1 is 0.327 bits per heavy atom. The normalized spacial score (nSPS) is 11.7. The molecule has 1 heterocycles. The highest BCUT2D eigenvalue weighted by molar-refractivity contribution is 6.70. The quantitative estimate of drug-likeness (QED) is 0.186. The molecule has 8 rings (SSSR count). The van der Waals surface area contributed by atoms with Crippen LogP contribution in [0.3, 0.4) is 0 Å². The molecule has 0 N–H and O–H groups in total. The molecular formula is C38H14B10O. The minimum Gasteiger partial charge on any atom is -0.456 e. The van der Waals surface area contributed by atoms with Crippen LogP contribution in [0.15, 0.2) is 89.3 Å². The van der Waals surface area contributed by atoms with Crippen molar-refractivity contribution in [2.75, 3.05) is 0 Å². The topological polar surface area (TPSA) is 13.1 Å². The SMILES string of the molecule is [B]c1c([B])c([B])c(-c2c3ccccc3c(-c3ccc4oc5cccc(-c6c([B])c([B])c([B])c([B])c6[B])c5c4c3)c3ccccc23)c([B])c1[B]. The van der Waals surface area contributed by atoms with Gasteiger partial charge in [0.05, 0.1) is 0 Å². The van der Waals surface area contributed by atoms with Gasteiger partial charge in [0.15, 0.2) is 0 Å². The average molecular weight is 595 g/mol. The molecule has 0 atom stereocenters. The van der Waals surface area contributed by atoms with E-state index in [1.807, 2.05) is 66.7 Å². The molecule has 0 saturated heterocycles. The Labute approximate surface area is 298 Å². The Balaban J connectivity index is 1.48. The highest BCUT2D eigenvalue weighted by Gasteiger charge is 2.22. The van der Waals surface area contributed by atoms with Gasteiger partial charge in [-0.15, -0.1) is 32.8 Å². The first kappa shape index (κ1) is 31.8. The molecule has 0 bridgehead atoms. The van der Waals surface area contributed by atoms with E-state index in [0.717, 1.165) is 54.6 Å². The minimum atomic E-state index is 0.153. The molecule has 202 valence electrons. The number of furan rings is 1. The first-order chi connectivity index (χ1) is 23.5. The number of fused-ring (bicyclic) bond motifs is 5. The molecule has 0 aliphatic heterocycles. The van der Waals surface area contributed by atoms with Crippen molar-refractivity contribution in [3.05, 3.63) is 84.9 Å². The molecule has 0 saturated carbocycles. The maximum absolute atomic E-state index is 6.64. The van der Waals surface area contributed by atoms with Crippen LogP contribution in [0.2, 0.25) is 0 Å². The van der Waals surface area contributed by atoms with Crippen molar-refractivity contribution in [2.24, 2.45) is 0 Å². The maximum Gasteiger partial charge on any atom is 0.136 e. The summed E-state index contributed by atoms with van der Waals surface area (Å²) in [6.07, 6.45) is 0. The second-order valence-corrected chi connectivity index (χ2v) is 12.2. The second-order valence-electron chi connectivity index (χ2n) is 12.2. The fraction of sp³-hybridized carbons (Fsp3) is 0. The number of hydrogen-bond donors (Lipinski definition) is 0. The van der Waals surface area contributed by atoms with E-state index in [1.165, 1.54) is 0 Å². The van der Waals surface area contributed by atoms with E-state index in [1.54, 1.807) is 0 Å². The average Bonchev–Trinajstić information content (AvgIpc) is 3.50. The molecule has 0 aliphatic rings. The lowest BCUT2D eigenvalue weighted by Crippen LogP contribution is -2.55. The molecular weight excluding hydrogens is 581 g/mol. The number of rotatable bonds is 3. The molecule has 11 heteroatoms. The maximum atomic E-state index is 6.64. The summed E-state index contributed by atoms with van der Waals surface area (Å²) >= 11 is 0. The van der Waals surface area contributed by atoms with E-state index < -0.39 is 0 Å². The monoisotopic (exact) mass is 596 g/mol. The molecule has 0 fully saturated rings. The van der Waals surface area contributed by atoms with Crippen molar-refractivity contribution >= 4 is 177 Å². The van der Waals surface area contributed by atoms with Gasteiger partial charge in [-0.05, 0) is 73.1 Å². The largest absolute Gasteiger partial charge is 0.456 e. The summed E-state index contributed by atoms with van der Waals surface area (Å²) in [7, 11) is 63.9. The summed E-state index contributed by atoms with van der Waals surface area (Å²) in [5, 5.41) is 5.39. The third-order valence-electron chi connectivity index (χ3n) is 9.63. The van der Waals surface area contributed by atoms with Crippen molar-refractivity contribution in [3.8, 4) is 33.4 Å². The van der Waals surface area contributed by atoms with E-state index >= 15 is 0 Å². The predicted octanol–water partition coefficient (Wildman–Crippen LogP) is -1.17. The van der Waals surface area contributed by atoms with Crippen LogP contribution in [0.1, 0.15) is 0 Å². The lowest BCUT2D eigenvalue weighted by atomic mass is 9.59. The highest BCUT2D eigenvalue weighted by Crippen LogP contribution is 2.44. The van der Waals surface area contributed by atoms with Gasteiger partial charge in [-0.3, -0.25) is 0 Å². The van der Waals surface area contributed by atoms with Gasteiger partial charge in [-0.25, -0.2) is 0 Å². The molecule has 0 unspecified atom stereocenters. The van der Waals surface area contributed by atoms with E-state index in [2.05, 4.69) is 18.2 Å². The van der Waals surface area contributed by atoms with Gasteiger partial charge in [0, 0.05) is 10.8 Å². The Morgan fingerprint density at radius 3 is 1.29 bits per heavy atom. The van der Waals surface area contributed by atoms with Crippen molar-refractivity contribution in [2.45, 2.75) is 0 Å². The zero-order valence-electron chi connectivity index (χ0n) is 26.3. The molecule has 0 amide bonds. The van der Waals surface area contributed by atoms with Crippen molar-refractivity contribution in [1.82, 2.24) is 0 Å². The molecule has 1 nitrogen and oxygen atoms in total. The molecule has 8 aromatic rings. The van der Waals surface area contributed by atoms with Crippen LogP contribution in [0.25, 0.3) is 76.9 Å². The summed E-state index contributed by atoms with van der Waals surface area (Å²) in [4.78, 5) is 0. The molecule has 49 heavy (non-hydrogen) atoms. The predicted molar refractivity (Wildman–Crippen MR) is 219 cm³/mol. The number of hydrogen-bond acceptors (Lipinski definition) is 1. The van der Waals surface area contributed by atoms with E-state index in [0.29, 0.717) is 22.3 Å². The molecule has 1 aromatic heterocycles. The Bertz CT molecular complexity index is 2620. The van der Waals surface area contributed by atoms with E-state index in [4.69, 9.17) is 82.9 Å². The van der Waals surface area contributed by atoms with Crippen LogP contribution in [0.5, 0.6) is 0 Å². The van der Waals surface area contributed by atoms with Gasteiger partial charge in [0.2, 0.25) is 0 Å². The zero-order valence-corrected chi connectivity index (χ0v) is 26.3. The third-order valence-corrected chi connectivity index (χ3v) is 9.63. The fourth-order valence-electron chi connectivity index (χ4n) is 7.16. The smallest absolute Gasteiger partial charge is 0.136 e. The van der Waals surface area contributed by atoms with Crippen molar-refractivity contribution in [3.63, 3.8) is 0 Å². The van der Waals surface area contributed by atoms with Gasteiger partial charge in [-0.2, -0.15) is 0 Å². The summed E-state index contributed by atoms with van der Waals surface area (Å²) in [5.74, 6) is 0.